The molecule has 3 aromatic rings. The molecule has 12 heteroatoms. The molecule has 3 N–H and O–H groups in total. The fourth-order valence-electron chi connectivity index (χ4n) is 8.07. The number of benzene rings is 2. The number of amides is 2. The first kappa shape index (κ1) is 38.3. The van der Waals surface area contributed by atoms with Crippen LogP contribution in [-0.4, -0.2) is 76.1 Å². The first-order valence-corrected chi connectivity index (χ1v) is 18.9. The number of hydrogen-bond donors (Lipinski definition) is 3. The Labute approximate surface area is 314 Å². The fraction of sp³-hybridized carbons (Fsp3) is 0.452. The maximum Gasteiger partial charge on any atom is 0.342 e. The molecule has 0 saturated carbocycles. The first-order valence-electron chi connectivity index (χ1n) is 18.9. The van der Waals surface area contributed by atoms with Crippen LogP contribution in [0.1, 0.15) is 109 Å². The number of likely N-dealkylation sites (tertiary alicyclic amines) is 1. The Hall–Kier alpha value is -5.39. The van der Waals surface area contributed by atoms with E-state index in [1.54, 1.807) is 55.5 Å². The highest BCUT2D eigenvalue weighted by molar-refractivity contribution is 5.98. The second-order valence-corrected chi connectivity index (χ2v) is 14.7. The molecule has 1 fully saturated rings. The largest absolute Gasteiger partial charge is 0.507 e. The summed E-state index contributed by atoms with van der Waals surface area (Å²) in [5.41, 5.74) is 1.64. The predicted octanol–water partition coefficient (Wildman–Crippen LogP) is 5.42. The number of cyclic esters (lactones) is 1. The minimum Gasteiger partial charge on any atom is -0.507 e. The molecule has 54 heavy (non-hydrogen) atoms. The molecule has 3 aliphatic heterocycles. The smallest absolute Gasteiger partial charge is 0.342 e. The summed E-state index contributed by atoms with van der Waals surface area (Å²) in [6.07, 6.45) is 6.77. The van der Waals surface area contributed by atoms with E-state index in [-0.39, 0.29) is 70.9 Å². The van der Waals surface area contributed by atoms with E-state index >= 15 is 0 Å². The molecular weight excluding hydrogens is 690 g/mol. The summed E-state index contributed by atoms with van der Waals surface area (Å²) >= 11 is 0. The molecule has 6 rings (SSSR count). The number of piperidine rings is 1. The molecule has 2 aromatic carbocycles. The van der Waals surface area contributed by atoms with Crippen LogP contribution in [0.5, 0.6) is 17.2 Å². The summed E-state index contributed by atoms with van der Waals surface area (Å²) in [4.78, 5) is 67.0. The molecule has 1 aromatic heterocycles. The van der Waals surface area contributed by atoms with Crippen LogP contribution < -0.4 is 15.6 Å². The number of allylic oxidation sites excluding steroid dienone is 1. The average Bonchev–Trinajstić information content (AvgIpc) is 3.14. The molecular formula is C42H49N3O9. The zero-order chi connectivity index (χ0) is 38.4. The summed E-state index contributed by atoms with van der Waals surface area (Å²) in [7, 11) is 1.53. The van der Waals surface area contributed by atoms with Crippen LogP contribution in [0.25, 0.3) is 6.08 Å². The molecule has 1 unspecified atom stereocenters. The van der Waals surface area contributed by atoms with Crippen molar-refractivity contribution in [3.63, 3.8) is 0 Å². The van der Waals surface area contributed by atoms with Crippen molar-refractivity contribution in [3.8, 4) is 17.2 Å². The van der Waals surface area contributed by atoms with Crippen LogP contribution in [0.4, 0.5) is 0 Å². The van der Waals surface area contributed by atoms with E-state index in [1.807, 2.05) is 15.5 Å². The fourth-order valence-corrected chi connectivity index (χ4v) is 8.07. The maximum atomic E-state index is 13.7. The summed E-state index contributed by atoms with van der Waals surface area (Å²) < 4.78 is 12.9. The molecule has 286 valence electrons. The molecule has 4 heterocycles. The number of nitrogens with one attached hydrogen (secondary N) is 1. The number of methoxy groups -OCH3 is 1. The highest BCUT2D eigenvalue weighted by atomic mass is 16.5. The second kappa shape index (κ2) is 17.2. The molecule has 2 bridgehead atoms. The van der Waals surface area contributed by atoms with Gasteiger partial charge in [0.25, 0.3) is 5.56 Å². The van der Waals surface area contributed by atoms with E-state index < -0.39 is 29.6 Å². The van der Waals surface area contributed by atoms with Gasteiger partial charge in [0, 0.05) is 81.0 Å². The van der Waals surface area contributed by atoms with Gasteiger partial charge in [-0.2, -0.15) is 0 Å². The number of ether oxygens (including phenoxy) is 2. The van der Waals surface area contributed by atoms with E-state index in [0.717, 1.165) is 12.1 Å². The van der Waals surface area contributed by atoms with E-state index in [0.29, 0.717) is 69.5 Å². The van der Waals surface area contributed by atoms with E-state index in [2.05, 4.69) is 5.32 Å². The normalized spacial score (nSPS) is 21.4. The van der Waals surface area contributed by atoms with E-state index in [4.69, 9.17) is 9.47 Å². The van der Waals surface area contributed by atoms with Gasteiger partial charge in [0.2, 0.25) is 11.8 Å². The third-order valence-electron chi connectivity index (χ3n) is 10.8. The SMILES string of the molecule is COc1ccc(C(CC(=O)NCCC(=O)N2C[C@H]3C[C@@H](C2)c2cccc(=O)n2C3)c2c(O)cc3c(c2O)C(=O)O[C@@H](C)CCCC(=O)CCC/C=C/3)cc1. The van der Waals surface area contributed by atoms with Gasteiger partial charge in [-0.05, 0) is 80.3 Å². The van der Waals surface area contributed by atoms with Crippen LogP contribution in [0.2, 0.25) is 0 Å². The molecule has 1 saturated heterocycles. The van der Waals surface area contributed by atoms with Crippen molar-refractivity contribution < 1.29 is 38.9 Å². The van der Waals surface area contributed by atoms with Gasteiger partial charge in [0.05, 0.1) is 13.2 Å². The number of rotatable bonds is 8. The average molecular weight is 740 g/mol. The van der Waals surface area contributed by atoms with Gasteiger partial charge < -0.3 is 34.5 Å². The number of Topliss-reactive ketones (excluding diaryl/α,β-unsaturated/α-hetero) is 1. The van der Waals surface area contributed by atoms with Crippen molar-refractivity contribution >= 4 is 29.6 Å². The van der Waals surface area contributed by atoms with Gasteiger partial charge >= 0.3 is 5.97 Å². The molecule has 0 spiro atoms. The third kappa shape index (κ3) is 8.86. The zero-order valence-corrected chi connectivity index (χ0v) is 30.9. The Morgan fingerprint density at radius 1 is 1.02 bits per heavy atom. The van der Waals surface area contributed by atoms with Crippen molar-refractivity contribution in [2.45, 2.75) is 89.2 Å². The number of esters is 1. The topological polar surface area (TPSA) is 164 Å². The third-order valence-corrected chi connectivity index (χ3v) is 10.8. The van der Waals surface area contributed by atoms with Gasteiger partial charge in [0.15, 0.2) is 0 Å². The number of carbonyl (C=O) groups excluding carboxylic acids is 4. The summed E-state index contributed by atoms with van der Waals surface area (Å²) in [6.45, 7) is 3.46. The molecule has 0 radical (unpaired) electrons. The maximum absolute atomic E-state index is 13.7. The molecule has 4 atom stereocenters. The number of hydrogen-bond acceptors (Lipinski definition) is 9. The van der Waals surface area contributed by atoms with Crippen molar-refractivity contribution in [2.24, 2.45) is 5.92 Å². The quantitative estimate of drug-likeness (QED) is 0.256. The molecule has 3 aliphatic rings. The van der Waals surface area contributed by atoms with Gasteiger partial charge in [-0.15, -0.1) is 0 Å². The molecule has 0 aliphatic carbocycles. The molecule has 12 nitrogen and oxygen atoms in total. The number of aromatic hydroxyl groups is 2. The zero-order valence-electron chi connectivity index (χ0n) is 30.9. The minimum absolute atomic E-state index is 0.00546. The van der Waals surface area contributed by atoms with Crippen molar-refractivity contribution in [1.29, 1.82) is 0 Å². The first-order chi connectivity index (χ1) is 26.0. The predicted molar refractivity (Wildman–Crippen MR) is 202 cm³/mol. The number of nitrogens with zero attached hydrogens (tertiary/aromatic N) is 2. The van der Waals surface area contributed by atoms with Gasteiger partial charge in [-0.1, -0.05) is 30.4 Å². The summed E-state index contributed by atoms with van der Waals surface area (Å²) in [5, 5.41) is 26.1. The van der Waals surface area contributed by atoms with Crippen LogP contribution in [0.15, 0.2) is 59.4 Å². The van der Waals surface area contributed by atoms with Crippen molar-refractivity contribution in [3.05, 3.63) is 92.9 Å². The lowest BCUT2D eigenvalue weighted by Crippen LogP contribution is -2.49. The van der Waals surface area contributed by atoms with Gasteiger partial charge in [-0.25, -0.2) is 4.79 Å². The standard InChI is InChI=1S/C42H49N3O9/c1-26-8-6-11-31(46)10-5-3-4-9-29-21-35(47)40(41(51)39(29)42(52)54-26)33(28-14-16-32(53-2)17-15-28)22-36(48)43-19-18-37(49)44-23-27-20-30(25-44)34-12-7-13-38(50)45(34)24-27/h4,7,9,12-17,21,26-27,30,33,47,51H,3,5-6,8,10-11,18-20,22-25H2,1-2H3,(H,43,48)/b9-4+/t26-,27+,30-,33?/m0/s1. The lowest BCUT2D eigenvalue weighted by molar-refractivity contribution is -0.134. The number of phenolic OH excluding ortho intramolecular Hbond substituents is 2. The van der Waals surface area contributed by atoms with Crippen molar-refractivity contribution in [1.82, 2.24) is 14.8 Å². The number of aromatic nitrogens is 1. The lowest BCUT2D eigenvalue weighted by Gasteiger charge is -2.42. The lowest BCUT2D eigenvalue weighted by atomic mass is 9.83. The Bertz CT molecular complexity index is 1970. The van der Waals surface area contributed by atoms with Crippen LogP contribution in [0, 0.1) is 5.92 Å². The van der Waals surface area contributed by atoms with Crippen LogP contribution >= 0.6 is 0 Å². The highest BCUT2D eigenvalue weighted by Crippen LogP contribution is 2.44. The van der Waals surface area contributed by atoms with Crippen LogP contribution in [0.3, 0.4) is 0 Å². The van der Waals surface area contributed by atoms with Gasteiger partial charge in [0.1, 0.15) is 28.6 Å². The molecule has 2 amide bonds. The Balaban J connectivity index is 1.21. The Morgan fingerprint density at radius 3 is 2.57 bits per heavy atom. The van der Waals surface area contributed by atoms with Gasteiger partial charge in [-0.3, -0.25) is 19.2 Å². The number of pyridine rings is 1. The number of ketones is 1. The number of fused-ring (bicyclic) bond motifs is 5. The van der Waals surface area contributed by atoms with E-state index in [9.17, 15) is 34.2 Å². The number of carbonyl (C=O) groups is 4. The van der Waals surface area contributed by atoms with E-state index in [1.165, 1.54) is 13.2 Å². The summed E-state index contributed by atoms with van der Waals surface area (Å²) in [5.74, 6) is -1.98. The van der Waals surface area contributed by atoms with Crippen LogP contribution in [-0.2, 0) is 25.7 Å². The number of phenols is 2. The Kier molecular flexibility index (Phi) is 12.2. The minimum atomic E-state index is -0.893. The van der Waals surface area contributed by atoms with Crippen molar-refractivity contribution in [2.75, 3.05) is 26.7 Å². The summed E-state index contributed by atoms with van der Waals surface area (Å²) in [6, 6.07) is 13.5. The second-order valence-electron chi connectivity index (χ2n) is 14.7. The monoisotopic (exact) mass is 739 g/mol. The Morgan fingerprint density at radius 2 is 1.80 bits per heavy atom. The highest BCUT2D eigenvalue weighted by Gasteiger charge is 2.36.